The Labute approximate surface area is 150 Å². The number of hydrogen-bond acceptors (Lipinski definition) is 3. The van der Waals surface area contributed by atoms with E-state index in [4.69, 9.17) is 16.0 Å². The van der Waals surface area contributed by atoms with Crippen LogP contribution in [-0.2, 0) is 11.3 Å². The average molecular weight is 359 g/mol. The van der Waals surface area contributed by atoms with Crippen molar-refractivity contribution >= 4 is 23.4 Å². The van der Waals surface area contributed by atoms with Gasteiger partial charge in [0.2, 0.25) is 5.91 Å². The molecule has 1 aliphatic heterocycles. The lowest BCUT2D eigenvalue weighted by Crippen LogP contribution is -2.31. The number of rotatable bonds is 4. The van der Waals surface area contributed by atoms with Crippen molar-refractivity contribution in [1.82, 2.24) is 10.2 Å². The average Bonchev–Trinajstić information content (AvgIpc) is 2.96. The van der Waals surface area contributed by atoms with Gasteiger partial charge in [-0.15, -0.1) is 0 Å². The van der Waals surface area contributed by atoms with E-state index in [9.17, 15) is 9.59 Å². The first-order valence-corrected chi connectivity index (χ1v) is 8.80. The van der Waals surface area contributed by atoms with Crippen LogP contribution in [0, 0.1) is 11.3 Å². The number of likely N-dealkylation sites (tertiary alicyclic amines) is 1. The third kappa shape index (κ3) is 3.16. The first-order chi connectivity index (χ1) is 12.1. The van der Waals surface area contributed by atoms with Crippen LogP contribution in [0.3, 0.4) is 0 Å². The molecule has 2 aliphatic rings. The van der Waals surface area contributed by atoms with E-state index >= 15 is 0 Å². The molecule has 2 amide bonds. The van der Waals surface area contributed by atoms with Gasteiger partial charge in [-0.05, 0) is 49.2 Å². The second-order valence-electron chi connectivity index (χ2n) is 6.90. The van der Waals surface area contributed by atoms with Gasteiger partial charge in [0.1, 0.15) is 5.76 Å². The molecule has 2 fully saturated rings. The van der Waals surface area contributed by atoms with Gasteiger partial charge in [0.15, 0.2) is 0 Å². The van der Waals surface area contributed by atoms with E-state index in [2.05, 4.69) is 5.32 Å². The standard InChI is InChI=1S/C19H19ClN2O3/c20-14-5-3-13(4-6-14)18(24)22-8-7-19(12-22)10-16(19)17(23)21-11-15-2-1-9-25-15/h1-6,9,16H,7-8,10-12H2,(H,21,23)/t16-,19-/m0/s1. The van der Waals surface area contributed by atoms with Gasteiger partial charge in [0.25, 0.3) is 5.91 Å². The Hall–Kier alpha value is -2.27. The molecular weight excluding hydrogens is 340 g/mol. The molecule has 5 nitrogen and oxygen atoms in total. The van der Waals surface area contributed by atoms with Crippen molar-refractivity contribution in [3.05, 3.63) is 59.0 Å². The number of carbonyl (C=O) groups is 2. The van der Waals surface area contributed by atoms with Crippen LogP contribution in [0.2, 0.25) is 5.02 Å². The topological polar surface area (TPSA) is 62.6 Å². The van der Waals surface area contributed by atoms with E-state index in [0.29, 0.717) is 30.2 Å². The first-order valence-electron chi connectivity index (χ1n) is 8.42. The molecule has 2 heterocycles. The molecule has 0 radical (unpaired) electrons. The van der Waals surface area contributed by atoms with Gasteiger partial charge in [-0.25, -0.2) is 0 Å². The maximum atomic E-state index is 12.6. The van der Waals surface area contributed by atoms with Crippen molar-refractivity contribution < 1.29 is 14.0 Å². The minimum Gasteiger partial charge on any atom is -0.467 e. The van der Waals surface area contributed by atoms with Crippen LogP contribution >= 0.6 is 11.6 Å². The van der Waals surface area contributed by atoms with Crippen LogP contribution in [0.15, 0.2) is 47.1 Å². The molecule has 1 aliphatic carbocycles. The molecule has 1 aromatic carbocycles. The van der Waals surface area contributed by atoms with Crippen LogP contribution in [0.25, 0.3) is 0 Å². The van der Waals surface area contributed by atoms with E-state index < -0.39 is 0 Å². The summed E-state index contributed by atoms with van der Waals surface area (Å²) in [4.78, 5) is 26.8. The van der Waals surface area contributed by atoms with Gasteiger partial charge in [0.05, 0.1) is 12.8 Å². The highest BCUT2D eigenvalue weighted by Gasteiger charge is 2.61. The van der Waals surface area contributed by atoms with Gasteiger partial charge >= 0.3 is 0 Å². The van der Waals surface area contributed by atoms with E-state index in [-0.39, 0.29) is 23.1 Å². The fourth-order valence-corrected chi connectivity index (χ4v) is 3.85. The molecule has 2 atom stereocenters. The molecule has 0 unspecified atom stereocenters. The quantitative estimate of drug-likeness (QED) is 0.913. The summed E-state index contributed by atoms with van der Waals surface area (Å²) in [6.45, 7) is 1.75. The molecule has 1 aromatic heterocycles. The maximum Gasteiger partial charge on any atom is 0.253 e. The fourth-order valence-electron chi connectivity index (χ4n) is 3.72. The highest BCUT2D eigenvalue weighted by molar-refractivity contribution is 6.30. The zero-order chi connectivity index (χ0) is 17.4. The van der Waals surface area contributed by atoms with E-state index in [0.717, 1.165) is 18.6 Å². The molecule has 6 heteroatoms. The molecule has 1 saturated carbocycles. The number of halogens is 1. The molecule has 0 bridgehead atoms. The van der Waals surface area contributed by atoms with Crippen LogP contribution in [0.4, 0.5) is 0 Å². The number of benzene rings is 1. The lowest BCUT2D eigenvalue weighted by molar-refractivity contribution is -0.123. The smallest absolute Gasteiger partial charge is 0.253 e. The summed E-state index contributed by atoms with van der Waals surface area (Å²) in [6.07, 6.45) is 3.32. The normalized spacial score (nSPS) is 24.5. The molecule has 1 N–H and O–H groups in total. The number of furan rings is 1. The summed E-state index contributed by atoms with van der Waals surface area (Å²) in [7, 11) is 0. The van der Waals surface area contributed by atoms with Crippen LogP contribution < -0.4 is 5.32 Å². The predicted octanol–water partition coefficient (Wildman–Crippen LogP) is 3.10. The number of hydrogen-bond donors (Lipinski definition) is 1. The predicted molar refractivity (Wildman–Crippen MR) is 93.1 cm³/mol. The Morgan fingerprint density at radius 2 is 2.08 bits per heavy atom. The third-order valence-corrected chi connectivity index (χ3v) is 5.54. The molecule has 4 rings (SSSR count). The van der Waals surface area contributed by atoms with E-state index in [1.54, 1.807) is 36.6 Å². The second kappa shape index (κ2) is 6.23. The lowest BCUT2D eigenvalue weighted by atomic mass is 10.0. The SMILES string of the molecule is O=C(NCc1ccco1)[C@@H]1C[C@]12CCN(C(=O)c1ccc(Cl)cc1)C2. The van der Waals surface area contributed by atoms with Crippen molar-refractivity contribution in [2.45, 2.75) is 19.4 Å². The van der Waals surface area contributed by atoms with Gasteiger partial charge in [0, 0.05) is 35.0 Å². The summed E-state index contributed by atoms with van der Waals surface area (Å²) in [6, 6.07) is 10.6. The highest BCUT2D eigenvalue weighted by atomic mass is 35.5. The van der Waals surface area contributed by atoms with Crippen molar-refractivity contribution in [1.29, 1.82) is 0 Å². The Morgan fingerprint density at radius 3 is 2.80 bits per heavy atom. The van der Waals surface area contributed by atoms with Crippen molar-refractivity contribution in [2.24, 2.45) is 11.3 Å². The van der Waals surface area contributed by atoms with Crippen molar-refractivity contribution in [2.75, 3.05) is 13.1 Å². The Bertz CT molecular complexity index is 788. The van der Waals surface area contributed by atoms with E-state index in [1.807, 2.05) is 11.0 Å². The molecule has 130 valence electrons. The zero-order valence-corrected chi connectivity index (χ0v) is 14.5. The molecule has 1 saturated heterocycles. The Kier molecular flexibility index (Phi) is 4.04. The highest BCUT2D eigenvalue weighted by Crippen LogP contribution is 2.58. The summed E-state index contributed by atoms with van der Waals surface area (Å²) in [5.41, 5.74) is 0.593. The summed E-state index contributed by atoms with van der Waals surface area (Å²) >= 11 is 5.88. The summed E-state index contributed by atoms with van der Waals surface area (Å²) in [5, 5.41) is 3.55. The monoisotopic (exact) mass is 358 g/mol. The Balaban J connectivity index is 1.34. The largest absolute Gasteiger partial charge is 0.467 e. The molecule has 1 spiro atoms. The number of amides is 2. The molecule has 25 heavy (non-hydrogen) atoms. The van der Waals surface area contributed by atoms with E-state index in [1.165, 1.54) is 0 Å². The number of carbonyl (C=O) groups excluding carboxylic acids is 2. The zero-order valence-electron chi connectivity index (χ0n) is 13.7. The summed E-state index contributed by atoms with van der Waals surface area (Å²) in [5.74, 6) is 0.798. The first kappa shape index (κ1) is 16.2. The fraction of sp³-hybridized carbons (Fsp3) is 0.368. The third-order valence-electron chi connectivity index (χ3n) is 5.29. The molecule has 2 aromatic rings. The van der Waals surface area contributed by atoms with Gasteiger partial charge in [-0.1, -0.05) is 11.6 Å². The minimum atomic E-state index is -0.0463. The number of nitrogens with zero attached hydrogens (tertiary/aromatic N) is 1. The molecular formula is C19H19ClN2O3. The minimum absolute atomic E-state index is 0.00881. The maximum absolute atomic E-state index is 12.6. The van der Waals surface area contributed by atoms with Crippen LogP contribution in [0.5, 0.6) is 0 Å². The van der Waals surface area contributed by atoms with Crippen LogP contribution in [0.1, 0.15) is 29.0 Å². The second-order valence-corrected chi connectivity index (χ2v) is 7.34. The number of nitrogens with one attached hydrogen (secondary N) is 1. The van der Waals surface area contributed by atoms with Gasteiger partial charge in [-0.3, -0.25) is 9.59 Å². The Morgan fingerprint density at radius 1 is 1.28 bits per heavy atom. The summed E-state index contributed by atoms with van der Waals surface area (Å²) < 4.78 is 5.23. The van der Waals surface area contributed by atoms with Crippen molar-refractivity contribution in [3.8, 4) is 0 Å². The van der Waals surface area contributed by atoms with Crippen LogP contribution in [-0.4, -0.2) is 29.8 Å². The van der Waals surface area contributed by atoms with Gasteiger partial charge in [-0.2, -0.15) is 0 Å². The van der Waals surface area contributed by atoms with Crippen molar-refractivity contribution in [3.63, 3.8) is 0 Å². The van der Waals surface area contributed by atoms with Gasteiger partial charge < -0.3 is 14.6 Å². The lowest BCUT2D eigenvalue weighted by Gasteiger charge is -2.17.